The second kappa shape index (κ2) is 6.95. The van der Waals surface area contributed by atoms with Crippen molar-refractivity contribution < 1.29 is 4.79 Å². The predicted molar refractivity (Wildman–Crippen MR) is 95.8 cm³/mol. The van der Waals surface area contributed by atoms with E-state index in [9.17, 15) is 4.79 Å². The number of nitrogens with one attached hydrogen (secondary N) is 1. The second-order valence-corrected chi connectivity index (χ2v) is 6.80. The van der Waals surface area contributed by atoms with Gasteiger partial charge in [0.2, 0.25) is 5.91 Å². The molecule has 1 fully saturated rings. The molecule has 1 aromatic carbocycles. The van der Waals surface area contributed by atoms with Gasteiger partial charge in [-0.3, -0.25) is 4.79 Å². The number of nitrogens with zero attached hydrogens (tertiary/aromatic N) is 3. The molecule has 0 saturated carbocycles. The highest BCUT2D eigenvalue weighted by Crippen LogP contribution is 2.21. The lowest BCUT2D eigenvalue weighted by atomic mass is 10.1. The quantitative estimate of drug-likeness (QED) is 0.925. The minimum Gasteiger partial charge on any atom is -0.341 e. The maximum Gasteiger partial charge on any atom is 0.227 e. The summed E-state index contributed by atoms with van der Waals surface area (Å²) in [5.74, 6) is 0.144. The first kappa shape index (κ1) is 17.0. The second-order valence-electron chi connectivity index (χ2n) is 6.37. The summed E-state index contributed by atoms with van der Waals surface area (Å²) in [5.41, 5.74) is 3.86. The van der Waals surface area contributed by atoms with Crippen LogP contribution in [0.15, 0.2) is 24.3 Å². The van der Waals surface area contributed by atoms with E-state index >= 15 is 0 Å². The van der Waals surface area contributed by atoms with E-state index in [1.807, 2.05) is 54.7 Å². The van der Waals surface area contributed by atoms with Gasteiger partial charge in [-0.2, -0.15) is 5.10 Å². The van der Waals surface area contributed by atoms with Crippen LogP contribution < -0.4 is 5.32 Å². The van der Waals surface area contributed by atoms with Crippen LogP contribution in [0.4, 0.5) is 0 Å². The topological polar surface area (TPSA) is 50.2 Å². The van der Waals surface area contributed by atoms with Crippen molar-refractivity contribution in [2.24, 2.45) is 0 Å². The van der Waals surface area contributed by atoms with Gasteiger partial charge in [0.25, 0.3) is 0 Å². The lowest BCUT2D eigenvalue weighted by molar-refractivity contribution is -0.130. The molecule has 5 nitrogen and oxygen atoms in total. The summed E-state index contributed by atoms with van der Waals surface area (Å²) in [4.78, 5) is 14.5. The van der Waals surface area contributed by atoms with Gasteiger partial charge in [-0.25, -0.2) is 4.68 Å². The van der Waals surface area contributed by atoms with Crippen molar-refractivity contribution >= 4 is 17.5 Å². The van der Waals surface area contributed by atoms with Crippen LogP contribution in [0.1, 0.15) is 23.4 Å². The van der Waals surface area contributed by atoms with Crippen LogP contribution in [-0.4, -0.2) is 46.8 Å². The number of aryl methyl sites for hydroxylation is 1. The molecule has 1 atom stereocenters. The predicted octanol–water partition coefficient (Wildman–Crippen LogP) is 2.51. The molecule has 0 aliphatic carbocycles. The molecule has 1 saturated heterocycles. The van der Waals surface area contributed by atoms with Gasteiger partial charge < -0.3 is 10.2 Å². The van der Waals surface area contributed by atoms with Crippen LogP contribution in [0, 0.1) is 13.8 Å². The fraction of sp³-hybridized carbons (Fsp3) is 0.444. The highest BCUT2D eigenvalue weighted by molar-refractivity contribution is 6.30. The number of likely N-dealkylation sites (N-methyl/N-ethyl adjacent to an activating group) is 1. The Bertz CT molecular complexity index is 732. The Labute approximate surface area is 147 Å². The average Bonchev–Trinajstić information content (AvgIpc) is 3.19. The minimum absolute atomic E-state index is 0.144. The van der Waals surface area contributed by atoms with Gasteiger partial charge in [-0.05, 0) is 51.1 Å². The summed E-state index contributed by atoms with van der Waals surface area (Å²) < 4.78 is 1.88. The highest BCUT2D eigenvalue weighted by atomic mass is 35.5. The number of carbonyl (C=O) groups excluding carboxylic acids is 1. The van der Waals surface area contributed by atoms with Gasteiger partial charge in [0.05, 0.1) is 17.8 Å². The third-order valence-electron chi connectivity index (χ3n) is 4.82. The molecule has 24 heavy (non-hydrogen) atoms. The van der Waals surface area contributed by atoms with Crippen LogP contribution >= 0.6 is 11.6 Å². The normalized spacial score (nSPS) is 17.2. The zero-order chi connectivity index (χ0) is 17.3. The third kappa shape index (κ3) is 3.32. The van der Waals surface area contributed by atoms with Crippen molar-refractivity contribution in [1.29, 1.82) is 0 Å². The molecule has 1 aromatic heterocycles. The molecular formula is C18H23ClN4O. The van der Waals surface area contributed by atoms with Crippen LogP contribution in [0.5, 0.6) is 0 Å². The Morgan fingerprint density at radius 1 is 1.38 bits per heavy atom. The van der Waals surface area contributed by atoms with E-state index in [4.69, 9.17) is 11.6 Å². The van der Waals surface area contributed by atoms with E-state index in [0.717, 1.165) is 42.1 Å². The van der Waals surface area contributed by atoms with Gasteiger partial charge in [0.15, 0.2) is 0 Å². The minimum atomic E-state index is 0.144. The molecule has 2 heterocycles. The molecule has 128 valence electrons. The summed E-state index contributed by atoms with van der Waals surface area (Å²) in [6.45, 7) is 5.83. The summed E-state index contributed by atoms with van der Waals surface area (Å²) in [7, 11) is 1.90. The number of benzene rings is 1. The lowest BCUT2D eigenvalue weighted by Crippen LogP contribution is -2.39. The van der Waals surface area contributed by atoms with E-state index < -0.39 is 0 Å². The van der Waals surface area contributed by atoms with Crippen molar-refractivity contribution in [3.8, 4) is 5.69 Å². The van der Waals surface area contributed by atoms with E-state index in [1.165, 1.54) is 0 Å². The molecule has 1 aliphatic heterocycles. The zero-order valence-electron chi connectivity index (χ0n) is 14.3. The summed E-state index contributed by atoms with van der Waals surface area (Å²) >= 11 is 5.96. The smallest absolute Gasteiger partial charge is 0.227 e. The molecule has 6 heteroatoms. The molecule has 0 bridgehead atoms. The monoisotopic (exact) mass is 346 g/mol. The molecule has 1 aliphatic rings. The van der Waals surface area contributed by atoms with Crippen LogP contribution in [0.2, 0.25) is 5.02 Å². The van der Waals surface area contributed by atoms with Crippen LogP contribution in [0.3, 0.4) is 0 Å². The zero-order valence-corrected chi connectivity index (χ0v) is 15.1. The summed E-state index contributed by atoms with van der Waals surface area (Å²) in [6, 6.07) is 7.86. The van der Waals surface area contributed by atoms with Gasteiger partial charge in [0, 0.05) is 35.9 Å². The van der Waals surface area contributed by atoms with E-state index in [1.54, 1.807) is 0 Å². The van der Waals surface area contributed by atoms with Crippen molar-refractivity contribution in [2.75, 3.05) is 20.1 Å². The number of amides is 1. The molecular weight excluding hydrogens is 324 g/mol. The molecule has 1 N–H and O–H groups in total. The Hall–Kier alpha value is -1.85. The fourth-order valence-corrected chi connectivity index (χ4v) is 3.34. The first-order valence-electron chi connectivity index (χ1n) is 8.25. The van der Waals surface area contributed by atoms with E-state index in [0.29, 0.717) is 17.5 Å². The van der Waals surface area contributed by atoms with Gasteiger partial charge in [0.1, 0.15) is 0 Å². The Morgan fingerprint density at radius 3 is 2.71 bits per heavy atom. The average molecular weight is 347 g/mol. The van der Waals surface area contributed by atoms with Crippen molar-refractivity contribution in [2.45, 2.75) is 32.7 Å². The number of halogens is 1. The fourth-order valence-electron chi connectivity index (χ4n) is 3.21. The Morgan fingerprint density at radius 2 is 2.08 bits per heavy atom. The molecule has 0 spiro atoms. The molecule has 2 aromatic rings. The summed E-state index contributed by atoms with van der Waals surface area (Å²) in [6.07, 6.45) is 1.41. The molecule has 0 radical (unpaired) electrons. The molecule has 3 rings (SSSR count). The first-order chi connectivity index (χ1) is 11.5. The van der Waals surface area contributed by atoms with Crippen molar-refractivity contribution in [3.63, 3.8) is 0 Å². The first-order valence-corrected chi connectivity index (χ1v) is 8.62. The highest BCUT2D eigenvalue weighted by Gasteiger charge is 2.25. The number of rotatable bonds is 4. The van der Waals surface area contributed by atoms with Gasteiger partial charge >= 0.3 is 0 Å². The Kier molecular flexibility index (Phi) is 4.92. The number of hydrogen-bond acceptors (Lipinski definition) is 3. The van der Waals surface area contributed by atoms with Crippen molar-refractivity contribution in [1.82, 2.24) is 20.0 Å². The number of aromatic nitrogens is 2. The maximum absolute atomic E-state index is 12.6. The van der Waals surface area contributed by atoms with Gasteiger partial charge in [-0.15, -0.1) is 0 Å². The molecule has 1 unspecified atom stereocenters. The SMILES string of the molecule is Cc1nn(-c2ccc(Cl)cc2)c(C)c1CC(=O)N(C)C1CCNC1. The Balaban J connectivity index is 1.81. The van der Waals surface area contributed by atoms with Crippen molar-refractivity contribution in [3.05, 3.63) is 46.2 Å². The molecule has 1 amide bonds. The van der Waals surface area contributed by atoms with Crippen LogP contribution in [-0.2, 0) is 11.2 Å². The third-order valence-corrected chi connectivity index (χ3v) is 5.07. The largest absolute Gasteiger partial charge is 0.341 e. The lowest BCUT2D eigenvalue weighted by Gasteiger charge is -2.23. The van der Waals surface area contributed by atoms with E-state index in [-0.39, 0.29) is 5.91 Å². The van der Waals surface area contributed by atoms with E-state index in [2.05, 4.69) is 10.4 Å². The van der Waals surface area contributed by atoms with Crippen LogP contribution in [0.25, 0.3) is 5.69 Å². The van der Waals surface area contributed by atoms with Gasteiger partial charge in [-0.1, -0.05) is 11.6 Å². The number of hydrogen-bond donors (Lipinski definition) is 1. The summed E-state index contributed by atoms with van der Waals surface area (Å²) in [5, 5.41) is 8.61. The maximum atomic E-state index is 12.6. The standard InChI is InChI=1S/C18H23ClN4O/c1-12-17(10-18(24)22(3)16-8-9-20-11-16)13(2)23(21-12)15-6-4-14(19)5-7-15/h4-7,16,20H,8-11H2,1-3H3. The number of carbonyl (C=O) groups is 1.